The molecule has 0 radical (unpaired) electrons. The molecule has 0 aliphatic rings. The SMILES string of the molecule is CCC(CCO)Nc1ncnc(N(C(=O)OC(C)(C)C)C(=O)OC(C)(C)C)c1N. The summed E-state index contributed by atoms with van der Waals surface area (Å²) < 4.78 is 10.7. The minimum atomic E-state index is -0.967. The molecule has 4 N–H and O–H groups in total. The van der Waals surface area contributed by atoms with Crippen molar-refractivity contribution < 1.29 is 24.2 Å². The summed E-state index contributed by atoms with van der Waals surface area (Å²) in [7, 11) is 0. The van der Waals surface area contributed by atoms with E-state index in [0.29, 0.717) is 17.7 Å². The van der Waals surface area contributed by atoms with Gasteiger partial charge in [0.25, 0.3) is 0 Å². The summed E-state index contributed by atoms with van der Waals surface area (Å²) in [6.07, 6.45) is 0.440. The molecule has 164 valence electrons. The molecule has 1 atom stereocenters. The van der Waals surface area contributed by atoms with Gasteiger partial charge in [-0.15, -0.1) is 0 Å². The molecule has 0 spiro atoms. The van der Waals surface area contributed by atoms with Gasteiger partial charge >= 0.3 is 12.2 Å². The van der Waals surface area contributed by atoms with Crippen molar-refractivity contribution in [3.63, 3.8) is 0 Å². The normalized spacial score (nSPS) is 12.8. The van der Waals surface area contributed by atoms with Crippen LogP contribution >= 0.6 is 0 Å². The predicted octanol–water partition coefficient (Wildman–Crippen LogP) is 3.31. The maximum atomic E-state index is 12.8. The van der Waals surface area contributed by atoms with Crippen molar-refractivity contribution in [1.29, 1.82) is 0 Å². The Morgan fingerprint density at radius 2 is 1.66 bits per heavy atom. The Bertz CT molecular complexity index is 684. The molecule has 1 rings (SSSR count). The molecule has 0 aliphatic carbocycles. The number of imide groups is 1. The first-order chi connectivity index (χ1) is 13.3. The average molecular weight is 412 g/mol. The van der Waals surface area contributed by atoms with Crippen molar-refractivity contribution in [2.75, 3.05) is 22.6 Å². The quantitative estimate of drug-likeness (QED) is 0.643. The van der Waals surface area contributed by atoms with E-state index in [2.05, 4.69) is 15.3 Å². The highest BCUT2D eigenvalue weighted by atomic mass is 16.6. The summed E-state index contributed by atoms with van der Waals surface area (Å²) in [4.78, 5) is 34.3. The molecular weight excluding hydrogens is 378 g/mol. The van der Waals surface area contributed by atoms with Crippen LogP contribution in [0.2, 0.25) is 0 Å². The molecule has 10 nitrogen and oxygen atoms in total. The van der Waals surface area contributed by atoms with Gasteiger partial charge in [0, 0.05) is 12.6 Å². The Labute approximate surface area is 171 Å². The monoisotopic (exact) mass is 411 g/mol. The summed E-state index contributed by atoms with van der Waals surface area (Å²) >= 11 is 0. The fourth-order valence-electron chi connectivity index (χ4n) is 2.27. The van der Waals surface area contributed by atoms with Gasteiger partial charge in [-0.3, -0.25) is 0 Å². The number of aliphatic hydroxyl groups excluding tert-OH is 1. The second kappa shape index (κ2) is 9.73. The zero-order chi connectivity index (χ0) is 22.4. The first kappa shape index (κ1) is 24.4. The van der Waals surface area contributed by atoms with E-state index in [9.17, 15) is 14.7 Å². The highest BCUT2D eigenvalue weighted by Crippen LogP contribution is 2.29. The van der Waals surface area contributed by atoms with Crippen molar-refractivity contribution in [2.24, 2.45) is 0 Å². The number of nitrogens with two attached hydrogens (primary N) is 1. The van der Waals surface area contributed by atoms with E-state index in [1.807, 2.05) is 6.92 Å². The zero-order valence-corrected chi connectivity index (χ0v) is 18.3. The van der Waals surface area contributed by atoms with Crippen molar-refractivity contribution in [3.05, 3.63) is 6.33 Å². The molecule has 1 heterocycles. The lowest BCUT2D eigenvalue weighted by atomic mass is 10.1. The smallest absolute Gasteiger partial charge is 0.425 e. The van der Waals surface area contributed by atoms with Gasteiger partial charge in [-0.05, 0) is 54.4 Å². The van der Waals surface area contributed by atoms with Crippen molar-refractivity contribution >= 4 is 29.5 Å². The maximum absolute atomic E-state index is 12.8. The highest BCUT2D eigenvalue weighted by molar-refractivity contribution is 6.11. The Balaban J connectivity index is 3.35. The molecule has 1 aromatic heterocycles. The van der Waals surface area contributed by atoms with Gasteiger partial charge in [0.1, 0.15) is 23.2 Å². The van der Waals surface area contributed by atoms with E-state index in [-0.39, 0.29) is 30.0 Å². The van der Waals surface area contributed by atoms with E-state index >= 15 is 0 Å². The molecule has 10 heteroatoms. The molecule has 0 saturated carbocycles. The zero-order valence-electron chi connectivity index (χ0n) is 18.3. The van der Waals surface area contributed by atoms with Crippen LogP contribution in [0.1, 0.15) is 61.3 Å². The Kier molecular flexibility index (Phi) is 8.19. The number of aromatic nitrogens is 2. The van der Waals surface area contributed by atoms with Gasteiger partial charge < -0.3 is 25.6 Å². The number of ether oxygens (including phenoxy) is 2. The number of nitrogens with one attached hydrogen (secondary N) is 1. The largest absolute Gasteiger partial charge is 0.443 e. The number of hydrogen-bond acceptors (Lipinski definition) is 9. The Hall–Kier alpha value is -2.62. The van der Waals surface area contributed by atoms with Crippen LogP contribution in [0.4, 0.5) is 26.9 Å². The standard InChI is InChI=1S/C19H33N5O5/c1-8-12(9-10-25)23-14-13(20)15(22-11-21-14)24(16(26)28-18(2,3)4)17(27)29-19(5,6)7/h11-12,25H,8-10,20H2,1-7H3,(H,21,22,23). The fourth-order valence-corrected chi connectivity index (χ4v) is 2.27. The highest BCUT2D eigenvalue weighted by Gasteiger charge is 2.35. The number of anilines is 3. The number of nitrogen functional groups attached to an aromatic ring is 1. The molecule has 0 bridgehead atoms. The lowest BCUT2D eigenvalue weighted by Crippen LogP contribution is -2.44. The number of hydrogen-bond donors (Lipinski definition) is 3. The first-order valence-corrected chi connectivity index (χ1v) is 9.53. The number of amides is 2. The van der Waals surface area contributed by atoms with E-state index in [0.717, 1.165) is 0 Å². The van der Waals surface area contributed by atoms with Crippen molar-refractivity contribution in [3.8, 4) is 0 Å². The number of aliphatic hydroxyl groups is 1. The van der Waals surface area contributed by atoms with E-state index in [1.165, 1.54) is 6.33 Å². The molecule has 0 aromatic carbocycles. The van der Waals surface area contributed by atoms with Crippen LogP contribution in [-0.2, 0) is 9.47 Å². The molecule has 1 unspecified atom stereocenters. The summed E-state index contributed by atoms with van der Waals surface area (Å²) in [6.45, 7) is 12.0. The number of carbonyl (C=O) groups excluding carboxylic acids is 2. The maximum Gasteiger partial charge on any atom is 0.425 e. The Morgan fingerprint density at radius 1 is 1.14 bits per heavy atom. The predicted molar refractivity (Wildman–Crippen MR) is 111 cm³/mol. The van der Waals surface area contributed by atoms with Gasteiger partial charge in [-0.2, -0.15) is 4.90 Å². The van der Waals surface area contributed by atoms with Gasteiger partial charge in [0.05, 0.1) is 0 Å². The third-order valence-electron chi connectivity index (χ3n) is 3.54. The van der Waals surface area contributed by atoms with E-state index < -0.39 is 23.4 Å². The van der Waals surface area contributed by atoms with E-state index in [1.54, 1.807) is 41.5 Å². The molecule has 0 saturated heterocycles. The minimum Gasteiger partial charge on any atom is -0.443 e. The van der Waals surface area contributed by atoms with Gasteiger partial charge in [-0.25, -0.2) is 19.6 Å². The summed E-state index contributed by atoms with van der Waals surface area (Å²) in [6, 6.07) is -0.0958. The van der Waals surface area contributed by atoms with Crippen LogP contribution in [0.25, 0.3) is 0 Å². The van der Waals surface area contributed by atoms with Gasteiger partial charge in [0.15, 0.2) is 11.6 Å². The van der Waals surface area contributed by atoms with Crippen LogP contribution in [0.5, 0.6) is 0 Å². The topological polar surface area (TPSA) is 140 Å². The van der Waals surface area contributed by atoms with Crippen LogP contribution in [0.3, 0.4) is 0 Å². The second-order valence-corrected chi connectivity index (χ2v) is 8.52. The molecule has 2 amide bonds. The summed E-state index contributed by atoms with van der Waals surface area (Å²) in [5, 5.41) is 12.3. The third-order valence-corrected chi connectivity index (χ3v) is 3.54. The van der Waals surface area contributed by atoms with Crippen LogP contribution in [0, 0.1) is 0 Å². The summed E-state index contributed by atoms with van der Waals surface area (Å²) in [5.41, 5.74) is 4.46. The molecule has 0 aliphatic heterocycles. The van der Waals surface area contributed by atoms with Crippen LogP contribution in [0.15, 0.2) is 6.33 Å². The minimum absolute atomic E-state index is 0.00864. The number of carbonyl (C=O) groups is 2. The second-order valence-electron chi connectivity index (χ2n) is 8.52. The number of rotatable bonds is 6. The molecular formula is C19H33N5O5. The molecule has 0 fully saturated rings. The van der Waals surface area contributed by atoms with E-state index in [4.69, 9.17) is 15.2 Å². The Morgan fingerprint density at radius 3 is 2.07 bits per heavy atom. The van der Waals surface area contributed by atoms with Crippen LogP contribution in [-0.4, -0.2) is 51.1 Å². The van der Waals surface area contributed by atoms with Crippen molar-refractivity contribution in [1.82, 2.24) is 9.97 Å². The lowest BCUT2D eigenvalue weighted by molar-refractivity contribution is 0.0429. The lowest BCUT2D eigenvalue weighted by Gasteiger charge is -2.29. The average Bonchev–Trinajstić information content (AvgIpc) is 2.54. The third kappa shape index (κ3) is 7.72. The number of nitrogens with zero attached hydrogens (tertiary/aromatic N) is 3. The fraction of sp³-hybridized carbons (Fsp3) is 0.684. The van der Waals surface area contributed by atoms with Crippen molar-refractivity contribution in [2.45, 2.75) is 78.6 Å². The summed E-state index contributed by atoms with van der Waals surface area (Å²) in [5.74, 6) is 0.0947. The van der Waals surface area contributed by atoms with Gasteiger partial charge in [0.2, 0.25) is 0 Å². The first-order valence-electron chi connectivity index (χ1n) is 9.53. The van der Waals surface area contributed by atoms with Gasteiger partial charge in [-0.1, -0.05) is 6.92 Å². The van der Waals surface area contributed by atoms with Crippen LogP contribution < -0.4 is 16.0 Å². The molecule has 1 aromatic rings. The molecule has 29 heavy (non-hydrogen) atoms.